The largest absolute Gasteiger partial charge is 0.468 e. The third kappa shape index (κ3) is 5.44. The quantitative estimate of drug-likeness (QED) is 0.432. The number of methoxy groups -OCH3 is 2. The Kier molecular flexibility index (Phi) is 7.30. The molecule has 0 aliphatic heterocycles. The van der Waals surface area contributed by atoms with Crippen LogP contribution in [0.2, 0.25) is 0 Å². The first kappa shape index (κ1) is 16.4. The lowest BCUT2D eigenvalue weighted by molar-refractivity contribution is -0.151. The summed E-state index contributed by atoms with van der Waals surface area (Å²) in [6.45, 7) is 2.44. The van der Waals surface area contributed by atoms with E-state index in [1.165, 1.54) is 7.11 Å². The zero-order valence-corrected chi connectivity index (χ0v) is 11.9. The summed E-state index contributed by atoms with van der Waals surface area (Å²) in [5.41, 5.74) is 5.09. The van der Waals surface area contributed by atoms with Gasteiger partial charge in [0.15, 0.2) is 0 Å². The van der Waals surface area contributed by atoms with Gasteiger partial charge < -0.3 is 24.7 Å². The molecule has 112 valence electrons. The Hall–Kier alpha value is -0.690. The molecule has 1 fully saturated rings. The zero-order valence-electron chi connectivity index (χ0n) is 11.9. The Balaban J connectivity index is 2.11. The molecule has 0 aromatic carbocycles. The minimum Gasteiger partial charge on any atom is -0.468 e. The first-order chi connectivity index (χ1) is 9.15. The van der Waals surface area contributed by atoms with Gasteiger partial charge in [0.2, 0.25) is 0 Å². The van der Waals surface area contributed by atoms with Crippen LogP contribution in [0.4, 0.5) is 0 Å². The maximum atomic E-state index is 11.7. The molecule has 1 rings (SSSR count). The fraction of sp³-hybridized carbons (Fsp3) is 0.923. The van der Waals surface area contributed by atoms with Crippen LogP contribution < -0.4 is 5.73 Å². The summed E-state index contributed by atoms with van der Waals surface area (Å²) in [6.07, 6.45) is 2.78. The number of esters is 1. The van der Waals surface area contributed by atoms with Crippen molar-refractivity contribution in [1.29, 1.82) is 0 Å². The number of hydrogen-bond acceptors (Lipinski definition) is 6. The number of carbonyl (C=O) groups is 1. The molecule has 0 saturated heterocycles. The van der Waals surface area contributed by atoms with E-state index in [4.69, 9.17) is 24.7 Å². The van der Waals surface area contributed by atoms with Crippen molar-refractivity contribution in [3.05, 3.63) is 0 Å². The molecule has 0 amide bonds. The molecule has 0 bridgehead atoms. The number of ether oxygens (including phenoxy) is 4. The lowest BCUT2D eigenvalue weighted by atomic mass is 9.96. The van der Waals surface area contributed by atoms with E-state index in [0.29, 0.717) is 26.4 Å². The fourth-order valence-electron chi connectivity index (χ4n) is 1.90. The predicted octanol–water partition coefficient (Wildman–Crippen LogP) is 0.337. The van der Waals surface area contributed by atoms with Crippen molar-refractivity contribution in [1.82, 2.24) is 0 Å². The normalized spacial score (nSPS) is 18.1. The first-order valence-corrected chi connectivity index (χ1v) is 6.67. The van der Waals surface area contributed by atoms with E-state index >= 15 is 0 Å². The molecule has 0 aromatic rings. The van der Waals surface area contributed by atoms with Crippen molar-refractivity contribution < 1.29 is 23.7 Å². The number of carbonyl (C=O) groups excluding carboxylic acids is 1. The summed E-state index contributed by atoms with van der Waals surface area (Å²) < 4.78 is 20.5. The van der Waals surface area contributed by atoms with Gasteiger partial charge in [-0.05, 0) is 25.2 Å². The summed E-state index contributed by atoms with van der Waals surface area (Å²) in [6, 6.07) is 0. The molecule has 1 aliphatic rings. The highest BCUT2D eigenvalue weighted by molar-refractivity contribution is 5.81. The van der Waals surface area contributed by atoms with Crippen LogP contribution in [-0.2, 0) is 23.7 Å². The second-order valence-electron chi connectivity index (χ2n) is 4.82. The highest BCUT2D eigenvalue weighted by Crippen LogP contribution is 2.39. The molecule has 0 radical (unpaired) electrons. The summed E-state index contributed by atoms with van der Waals surface area (Å²) in [7, 11) is 3.01. The van der Waals surface area contributed by atoms with Crippen LogP contribution in [0.3, 0.4) is 0 Å². The van der Waals surface area contributed by atoms with Crippen LogP contribution in [0, 0.1) is 5.92 Å². The van der Waals surface area contributed by atoms with Crippen molar-refractivity contribution in [2.45, 2.75) is 24.8 Å². The average molecular weight is 275 g/mol. The monoisotopic (exact) mass is 275 g/mol. The van der Waals surface area contributed by atoms with Crippen molar-refractivity contribution >= 4 is 5.97 Å². The van der Waals surface area contributed by atoms with E-state index in [0.717, 1.165) is 19.3 Å². The van der Waals surface area contributed by atoms with Gasteiger partial charge in [0, 0.05) is 20.3 Å². The van der Waals surface area contributed by atoms with Gasteiger partial charge >= 0.3 is 5.97 Å². The Morgan fingerprint density at radius 1 is 1.16 bits per heavy atom. The maximum absolute atomic E-state index is 11.7. The van der Waals surface area contributed by atoms with Gasteiger partial charge in [-0.25, -0.2) is 4.79 Å². The van der Waals surface area contributed by atoms with Crippen molar-refractivity contribution in [3.8, 4) is 0 Å². The Labute approximate surface area is 114 Å². The standard InChI is InChI=1S/C13H25NO5/c1-16-6-3-7-18-8-9-19-10-13(14,11-4-5-11)12(15)17-2/h11H,3-10,14H2,1-2H3. The predicted molar refractivity (Wildman–Crippen MR) is 69.8 cm³/mol. The van der Waals surface area contributed by atoms with Crippen LogP contribution in [0.1, 0.15) is 19.3 Å². The van der Waals surface area contributed by atoms with E-state index in [2.05, 4.69) is 0 Å². The summed E-state index contributed by atoms with van der Waals surface area (Å²) in [5.74, 6) is -0.210. The second kappa shape index (κ2) is 8.47. The number of hydrogen-bond donors (Lipinski definition) is 1. The average Bonchev–Trinajstić information content (AvgIpc) is 3.25. The second-order valence-corrected chi connectivity index (χ2v) is 4.82. The van der Waals surface area contributed by atoms with Crippen molar-refractivity contribution in [3.63, 3.8) is 0 Å². The van der Waals surface area contributed by atoms with E-state index in [-0.39, 0.29) is 12.5 Å². The summed E-state index contributed by atoms with van der Waals surface area (Å²) in [5, 5.41) is 0. The van der Waals surface area contributed by atoms with Crippen LogP contribution in [-0.4, -0.2) is 58.8 Å². The van der Waals surface area contributed by atoms with E-state index in [9.17, 15) is 4.79 Å². The highest BCUT2D eigenvalue weighted by Gasteiger charge is 2.49. The molecular formula is C13H25NO5. The summed E-state index contributed by atoms with van der Waals surface area (Å²) in [4.78, 5) is 11.7. The minimum absolute atomic E-state index is 0.183. The van der Waals surface area contributed by atoms with Crippen molar-refractivity contribution in [2.24, 2.45) is 11.7 Å². The minimum atomic E-state index is -0.995. The highest BCUT2D eigenvalue weighted by atomic mass is 16.5. The third-order valence-electron chi connectivity index (χ3n) is 3.22. The zero-order chi connectivity index (χ0) is 14.1. The summed E-state index contributed by atoms with van der Waals surface area (Å²) >= 11 is 0. The lowest BCUT2D eigenvalue weighted by Gasteiger charge is -2.26. The van der Waals surface area contributed by atoms with Gasteiger partial charge in [-0.3, -0.25) is 0 Å². The Bertz CT molecular complexity index is 270. The molecule has 2 N–H and O–H groups in total. The SMILES string of the molecule is COCCCOCCOCC(N)(C(=O)OC)C1CC1. The Morgan fingerprint density at radius 3 is 2.42 bits per heavy atom. The van der Waals surface area contributed by atoms with Crippen LogP contribution in [0.15, 0.2) is 0 Å². The third-order valence-corrected chi connectivity index (χ3v) is 3.22. The van der Waals surface area contributed by atoms with E-state index < -0.39 is 11.5 Å². The van der Waals surface area contributed by atoms with E-state index in [1.807, 2.05) is 0 Å². The molecule has 0 heterocycles. The smallest absolute Gasteiger partial charge is 0.328 e. The van der Waals surface area contributed by atoms with E-state index in [1.54, 1.807) is 7.11 Å². The van der Waals surface area contributed by atoms with Crippen LogP contribution in [0.25, 0.3) is 0 Å². The molecule has 6 heteroatoms. The topological polar surface area (TPSA) is 80.0 Å². The van der Waals surface area contributed by atoms with Gasteiger partial charge in [-0.15, -0.1) is 0 Å². The van der Waals surface area contributed by atoms with Gasteiger partial charge in [-0.1, -0.05) is 0 Å². The molecule has 1 unspecified atom stereocenters. The molecule has 1 atom stereocenters. The maximum Gasteiger partial charge on any atom is 0.328 e. The van der Waals surface area contributed by atoms with Crippen LogP contribution in [0.5, 0.6) is 0 Å². The first-order valence-electron chi connectivity index (χ1n) is 6.67. The number of nitrogens with two attached hydrogens (primary N) is 1. The molecule has 1 saturated carbocycles. The molecule has 0 spiro atoms. The molecule has 19 heavy (non-hydrogen) atoms. The fourth-order valence-corrected chi connectivity index (χ4v) is 1.90. The lowest BCUT2D eigenvalue weighted by Crippen LogP contribution is -2.54. The van der Waals surface area contributed by atoms with Gasteiger partial charge in [0.05, 0.1) is 26.9 Å². The molecule has 1 aliphatic carbocycles. The van der Waals surface area contributed by atoms with Gasteiger partial charge in [0.25, 0.3) is 0 Å². The molecule has 6 nitrogen and oxygen atoms in total. The molecular weight excluding hydrogens is 250 g/mol. The van der Waals surface area contributed by atoms with Gasteiger partial charge in [0.1, 0.15) is 5.54 Å². The molecule has 0 aromatic heterocycles. The van der Waals surface area contributed by atoms with Gasteiger partial charge in [-0.2, -0.15) is 0 Å². The Morgan fingerprint density at radius 2 is 1.84 bits per heavy atom. The van der Waals surface area contributed by atoms with Crippen molar-refractivity contribution in [2.75, 3.05) is 47.3 Å². The van der Waals surface area contributed by atoms with Crippen LogP contribution >= 0.6 is 0 Å². The number of rotatable bonds is 11.